The molecule has 0 aromatic carbocycles. The zero-order chi connectivity index (χ0) is 15.7. The minimum atomic E-state index is -3.43. The highest BCUT2D eigenvalue weighted by molar-refractivity contribution is 7.91. The minimum Gasteiger partial charge on any atom is -0.356 e. The van der Waals surface area contributed by atoms with Gasteiger partial charge in [-0.05, 0) is 31.5 Å². The van der Waals surface area contributed by atoms with Gasteiger partial charge in [-0.3, -0.25) is 4.79 Å². The van der Waals surface area contributed by atoms with Gasteiger partial charge in [0.1, 0.15) is 4.21 Å². The van der Waals surface area contributed by atoms with Gasteiger partial charge in [0.25, 0.3) is 0 Å². The number of hydrogen-bond donors (Lipinski definition) is 3. The fraction of sp³-hybridized carbons (Fsp3) is 0.615. The molecule has 0 fully saturated rings. The molecule has 6 nitrogen and oxygen atoms in total. The van der Waals surface area contributed by atoms with Crippen LogP contribution in [-0.2, 0) is 21.2 Å². The Hall–Kier alpha value is -0.960. The van der Waals surface area contributed by atoms with E-state index in [0.29, 0.717) is 30.3 Å². The van der Waals surface area contributed by atoms with Crippen molar-refractivity contribution in [3.8, 4) is 0 Å². The Bertz CT molecular complexity index is 541. The zero-order valence-corrected chi connectivity index (χ0v) is 14.1. The second kappa shape index (κ2) is 9.14. The molecule has 0 aliphatic heterocycles. The topological polar surface area (TPSA) is 87.3 Å². The predicted molar refractivity (Wildman–Crippen MR) is 85.1 cm³/mol. The summed E-state index contributed by atoms with van der Waals surface area (Å²) in [5, 5.41) is 5.83. The smallest absolute Gasteiger partial charge is 0.250 e. The number of thiophene rings is 1. The maximum atomic E-state index is 12.1. The molecule has 120 valence electrons. The summed E-state index contributed by atoms with van der Waals surface area (Å²) in [5.41, 5.74) is 0. The Labute approximate surface area is 130 Å². The van der Waals surface area contributed by atoms with Crippen molar-refractivity contribution in [2.45, 2.75) is 30.9 Å². The van der Waals surface area contributed by atoms with E-state index >= 15 is 0 Å². The molecular weight excluding hydrogens is 310 g/mol. The molecule has 1 heterocycles. The summed E-state index contributed by atoms with van der Waals surface area (Å²) in [6.45, 7) is 5.92. The molecule has 0 aliphatic rings. The van der Waals surface area contributed by atoms with Crippen LogP contribution in [0.5, 0.6) is 0 Å². The molecule has 1 aromatic heterocycles. The third-order valence-electron chi connectivity index (χ3n) is 2.67. The molecule has 1 rings (SSSR count). The lowest BCUT2D eigenvalue weighted by atomic mass is 10.3. The highest BCUT2D eigenvalue weighted by atomic mass is 32.2. The van der Waals surface area contributed by atoms with Crippen molar-refractivity contribution < 1.29 is 13.2 Å². The van der Waals surface area contributed by atoms with Gasteiger partial charge in [0.15, 0.2) is 0 Å². The van der Waals surface area contributed by atoms with Crippen LogP contribution < -0.4 is 15.4 Å². The summed E-state index contributed by atoms with van der Waals surface area (Å²) < 4.78 is 27.0. The largest absolute Gasteiger partial charge is 0.356 e. The van der Waals surface area contributed by atoms with Crippen molar-refractivity contribution in [1.82, 2.24) is 15.4 Å². The van der Waals surface area contributed by atoms with Crippen LogP contribution in [0.2, 0.25) is 0 Å². The lowest BCUT2D eigenvalue weighted by Crippen LogP contribution is -2.31. The third kappa shape index (κ3) is 7.03. The van der Waals surface area contributed by atoms with E-state index in [1.54, 1.807) is 12.1 Å². The summed E-state index contributed by atoms with van der Waals surface area (Å²) in [6.07, 6.45) is 1.66. The molecule has 0 spiro atoms. The van der Waals surface area contributed by atoms with Crippen molar-refractivity contribution in [3.05, 3.63) is 17.0 Å². The quantitative estimate of drug-likeness (QED) is 0.550. The van der Waals surface area contributed by atoms with Crippen LogP contribution in [0.15, 0.2) is 16.3 Å². The number of amides is 1. The third-order valence-corrected chi connectivity index (χ3v) is 5.77. The Morgan fingerprint density at radius 3 is 2.62 bits per heavy atom. The van der Waals surface area contributed by atoms with Gasteiger partial charge < -0.3 is 10.6 Å². The van der Waals surface area contributed by atoms with Gasteiger partial charge in [-0.2, -0.15) is 0 Å². The summed E-state index contributed by atoms with van der Waals surface area (Å²) in [7, 11) is -3.43. The van der Waals surface area contributed by atoms with Gasteiger partial charge in [0.05, 0.1) is 0 Å². The van der Waals surface area contributed by atoms with E-state index in [1.807, 2.05) is 0 Å². The van der Waals surface area contributed by atoms with Crippen molar-refractivity contribution >= 4 is 27.3 Å². The standard InChI is InChI=1S/C13H23N3O3S2/c1-3-7-14-9-10-16-21(18,19)13-5-4-12(20-13)6-8-15-11(2)17/h4-5,14,16H,3,6-10H2,1-2H3,(H,15,17). The fourth-order valence-corrected chi connectivity index (χ4v) is 4.08. The van der Waals surface area contributed by atoms with Crippen LogP contribution in [0.25, 0.3) is 0 Å². The summed E-state index contributed by atoms with van der Waals surface area (Å²) in [6, 6.07) is 3.39. The van der Waals surface area contributed by atoms with Crippen LogP contribution in [-0.4, -0.2) is 40.5 Å². The molecule has 8 heteroatoms. The maximum Gasteiger partial charge on any atom is 0.250 e. The van der Waals surface area contributed by atoms with Crippen LogP contribution in [0.3, 0.4) is 0 Å². The molecule has 0 saturated heterocycles. The van der Waals surface area contributed by atoms with E-state index in [1.165, 1.54) is 18.3 Å². The maximum absolute atomic E-state index is 12.1. The van der Waals surface area contributed by atoms with Gasteiger partial charge in [-0.1, -0.05) is 6.92 Å². The van der Waals surface area contributed by atoms with E-state index in [9.17, 15) is 13.2 Å². The lowest BCUT2D eigenvalue weighted by Gasteiger charge is -2.05. The number of carbonyl (C=O) groups is 1. The van der Waals surface area contributed by atoms with Gasteiger partial charge in [-0.15, -0.1) is 11.3 Å². The van der Waals surface area contributed by atoms with Crippen molar-refractivity contribution in [3.63, 3.8) is 0 Å². The molecule has 0 bridgehead atoms. The van der Waals surface area contributed by atoms with Crippen LogP contribution >= 0.6 is 11.3 Å². The summed E-state index contributed by atoms with van der Waals surface area (Å²) in [5.74, 6) is -0.0827. The van der Waals surface area contributed by atoms with Crippen LogP contribution in [0, 0.1) is 0 Å². The number of hydrogen-bond acceptors (Lipinski definition) is 5. The Morgan fingerprint density at radius 1 is 1.19 bits per heavy atom. The summed E-state index contributed by atoms with van der Waals surface area (Å²) in [4.78, 5) is 11.7. The van der Waals surface area contributed by atoms with Crippen LogP contribution in [0.1, 0.15) is 25.1 Å². The number of rotatable bonds is 10. The Balaban J connectivity index is 2.44. The normalized spacial score (nSPS) is 11.5. The molecule has 1 aromatic rings. The average molecular weight is 333 g/mol. The first-order valence-electron chi connectivity index (χ1n) is 6.99. The highest BCUT2D eigenvalue weighted by Gasteiger charge is 2.15. The van der Waals surface area contributed by atoms with E-state index < -0.39 is 10.0 Å². The predicted octanol–water partition coefficient (Wildman–Crippen LogP) is 0.705. The van der Waals surface area contributed by atoms with E-state index in [-0.39, 0.29) is 5.91 Å². The summed E-state index contributed by atoms with van der Waals surface area (Å²) >= 11 is 1.24. The number of sulfonamides is 1. The molecule has 1 amide bonds. The second-order valence-corrected chi connectivity index (χ2v) is 7.76. The average Bonchev–Trinajstić information content (AvgIpc) is 2.87. The van der Waals surface area contributed by atoms with Gasteiger partial charge in [0.2, 0.25) is 15.9 Å². The molecule has 0 radical (unpaired) electrons. The van der Waals surface area contributed by atoms with Crippen LogP contribution in [0.4, 0.5) is 0 Å². The van der Waals surface area contributed by atoms with Gasteiger partial charge in [-0.25, -0.2) is 13.1 Å². The molecule has 0 aliphatic carbocycles. The van der Waals surface area contributed by atoms with Crippen molar-refractivity contribution in [2.75, 3.05) is 26.2 Å². The van der Waals surface area contributed by atoms with E-state index in [4.69, 9.17) is 0 Å². The van der Waals surface area contributed by atoms with Crippen molar-refractivity contribution in [2.24, 2.45) is 0 Å². The molecule has 0 saturated carbocycles. The zero-order valence-electron chi connectivity index (χ0n) is 12.4. The molecule has 0 atom stereocenters. The van der Waals surface area contributed by atoms with Gasteiger partial charge in [0, 0.05) is 31.4 Å². The van der Waals surface area contributed by atoms with Gasteiger partial charge >= 0.3 is 0 Å². The highest BCUT2D eigenvalue weighted by Crippen LogP contribution is 2.21. The van der Waals surface area contributed by atoms with E-state index in [0.717, 1.165) is 17.8 Å². The number of carbonyl (C=O) groups excluding carboxylic acids is 1. The monoisotopic (exact) mass is 333 g/mol. The molecule has 3 N–H and O–H groups in total. The molecular formula is C13H23N3O3S2. The SMILES string of the molecule is CCCNCCNS(=O)(=O)c1ccc(CCNC(C)=O)s1. The minimum absolute atomic E-state index is 0.0827. The number of nitrogens with one attached hydrogen (secondary N) is 3. The fourth-order valence-electron chi connectivity index (χ4n) is 1.65. The first-order valence-corrected chi connectivity index (χ1v) is 9.29. The molecule has 0 unspecified atom stereocenters. The molecule has 21 heavy (non-hydrogen) atoms. The van der Waals surface area contributed by atoms with Crippen molar-refractivity contribution in [1.29, 1.82) is 0 Å². The lowest BCUT2D eigenvalue weighted by molar-refractivity contribution is -0.118. The first-order chi connectivity index (χ1) is 9.95. The first kappa shape index (κ1) is 18.1. The Kier molecular flexibility index (Phi) is 7.87. The van der Waals surface area contributed by atoms with E-state index in [2.05, 4.69) is 22.3 Å². The Morgan fingerprint density at radius 2 is 1.95 bits per heavy atom. The second-order valence-electron chi connectivity index (χ2n) is 4.60.